The molecule has 0 fully saturated rings. The molecule has 0 aliphatic rings. The van der Waals surface area contributed by atoms with E-state index in [9.17, 15) is 14.7 Å². The predicted octanol–water partition coefficient (Wildman–Crippen LogP) is 2.75. The van der Waals surface area contributed by atoms with Gasteiger partial charge in [-0.15, -0.1) is 0 Å². The molecule has 98 valence electrons. The summed E-state index contributed by atoms with van der Waals surface area (Å²) >= 11 is 3.37. The van der Waals surface area contributed by atoms with Crippen LogP contribution >= 0.6 is 15.9 Å². The maximum atomic E-state index is 11.4. The van der Waals surface area contributed by atoms with Crippen LogP contribution in [0, 0.1) is 6.92 Å². The van der Waals surface area contributed by atoms with E-state index < -0.39 is 12.0 Å². The van der Waals surface area contributed by atoms with Crippen molar-refractivity contribution >= 4 is 28.3 Å². The average molecular weight is 314 g/mol. The van der Waals surface area contributed by atoms with Gasteiger partial charge < -0.3 is 10.0 Å². The number of rotatable bonds is 5. The Morgan fingerprint density at radius 2 is 2.06 bits per heavy atom. The van der Waals surface area contributed by atoms with Crippen molar-refractivity contribution < 1.29 is 14.7 Å². The van der Waals surface area contributed by atoms with Gasteiger partial charge in [0.25, 0.3) is 0 Å². The van der Waals surface area contributed by atoms with Crippen molar-refractivity contribution in [3.63, 3.8) is 0 Å². The Hall–Kier alpha value is -1.36. The highest BCUT2D eigenvalue weighted by Gasteiger charge is 2.28. The van der Waals surface area contributed by atoms with E-state index in [4.69, 9.17) is 0 Å². The van der Waals surface area contributed by atoms with Crippen molar-refractivity contribution in [2.75, 3.05) is 0 Å². The predicted molar refractivity (Wildman–Crippen MR) is 72.3 cm³/mol. The molecule has 0 saturated heterocycles. The summed E-state index contributed by atoms with van der Waals surface area (Å²) < 4.78 is 0.834. The Morgan fingerprint density at radius 1 is 1.44 bits per heavy atom. The zero-order valence-electron chi connectivity index (χ0n) is 10.6. The first-order valence-electron chi connectivity index (χ1n) is 5.60. The van der Waals surface area contributed by atoms with Gasteiger partial charge in [0.05, 0.1) is 0 Å². The van der Waals surface area contributed by atoms with E-state index in [1.165, 1.54) is 4.90 Å². The molecule has 1 aromatic carbocycles. The molecule has 5 heteroatoms. The molecule has 0 heterocycles. The van der Waals surface area contributed by atoms with Gasteiger partial charge in [0.1, 0.15) is 0 Å². The summed E-state index contributed by atoms with van der Waals surface area (Å²) in [6, 6.07) is 4.17. The summed E-state index contributed by atoms with van der Waals surface area (Å²) in [5.41, 5.74) is 1.60. The number of carboxylic acid groups (broad SMARTS) is 1. The summed E-state index contributed by atoms with van der Waals surface area (Å²) in [5, 5.41) is 9.32. The number of aryl methyl sites for hydroxylation is 1. The van der Waals surface area contributed by atoms with Crippen LogP contribution in [0.5, 0.6) is 0 Å². The van der Waals surface area contributed by atoms with Crippen molar-refractivity contribution in [1.29, 1.82) is 0 Å². The van der Waals surface area contributed by atoms with Crippen molar-refractivity contribution in [2.24, 2.45) is 0 Å². The average Bonchev–Trinajstić information content (AvgIpc) is 2.28. The lowest BCUT2D eigenvalue weighted by atomic mass is 10.0. The highest BCUT2D eigenvalue weighted by molar-refractivity contribution is 9.10. The molecule has 0 aliphatic heterocycles. The largest absolute Gasteiger partial charge is 0.479 e. The maximum Gasteiger partial charge on any atom is 0.331 e. The van der Waals surface area contributed by atoms with Gasteiger partial charge in [-0.1, -0.05) is 28.1 Å². The van der Waals surface area contributed by atoms with E-state index in [0.29, 0.717) is 12.0 Å². The van der Waals surface area contributed by atoms with Crippen LogP contribution in [0.4, 0.5) is 0 Å². The molecular formula is C13H16BrNO3. The number of halogens is 1. The van der Waals surface area contributed by atoms with E-state index in [0.717, 1.165) is 10.0 Å². The second-order valence-electron chi connectivity index (χ2n) is 4.40. The van der Waals surface area contributed by atoms with E-state index >= 15 is 0 Å². The quantitative estimate of drug-likeness (QED) is 0.850. The van der Waals surface area contributed by atoms with Gasteiger partial charge in [-0.25, -0.2) is 4.79 Å². The van der Waals surface area contributed by atoms with E-state index in [1.807, 2.05) is 13.0 Å². The van der Waals surface area contributed by atoms with Gasteiger partial charge >= 0.3 is 5.97 Å². The summed E-state index contributed by atoms with van der Waals surface area (Å²) in [7, 11) is 0. The van der Waals surface area contributed by atoms with Crippen LogP contribution in [0.15, 0.2) is 22.7 Å². The number of nitrogens with zero attached hydrogens (tertiary/aromatic N) is 1. The number of carbonyl (C=O) groups is 2. The molecule has 0 radical (unpaired) electrons. The smallest absolute Gasteiger partial charge is 0.331 e. The number of carbonyl (C=O) groups excluding carboxylic acids is 1. The fraction of sp³-hybridized carbons (Fsp3) is 0.385. The lowest BCUT2D eigenvalue weighted by Crippen LogP contribution is -2.38. The van der Waals surface area contributed by atoms with Gasteiger partial charge in [0, 0.05) is 10.5 Å². The molecule has 1 aromatic rings. The fourth-order valence-electron chi connectivity index (χ4n) is 1.70. The number of hydrogen-bond donors (Lipinski definition) is 1. The second-order valence-corrected chi connectivity index (χ2v) is 5.25. The molecule has 0 aromatic heterocycles. The maximum absolute atomic E-state index is 11.4. The zero-order valence-corrected chi connectivity index (χ0v) is 12.1. The van der Waals surface area contributed by atoms with Crippen molar-refractivity contribution in [2.45, 2.75) is 32.9 Å². The summed E-state index contributed by atoms with van der Waals surface area (Å²) in [5.74, 6) is -1.04. The third kappa shape index (κ3) is 3.10. The third-order valence-corrected chi connectivity index (χ3v) is 3.62. The Balaban J connectivity index is 3.23. The van der Waals surface area contributed by atoms with Crippen LogP contribution in [0.1, 0.15) is 31.0 Å². The number of aliphatic carboxylic acids is 1. The topological polar surface area (TPSA) is 57.6 Å². The van der Waals surface area contributed by atoms with Crippen LogP contribution < -0.4 is 0 Å². The summed E-state index contributed by atoms with van der Waals surface area (Å²) in [6.07, 6.45) is 0.581. The lowest BCUT2D eigenvalue weighted by molar-refractivity contribution is -0.148. The van der Waals surface area contributed by atoms with Gasteiger partial charge in [-0.2, -0.15) is 0 Å². The monoisotopic (exact) mass is 313 g/mol. The molecule has 0 bridgehead atoms. The number of hydrogen-bond acceptors (Lipinski definition) is 2. The van der Waals surface area contributed by atoms with Crippen molar-refractivity contribution in [3.8, 4) is 0 Å². The Labute approximate surface area is 115 Å². The minimum Gasteiger partial charge on any atom is -0.479 e. The summed E-state index contributed by atoms with van der Waals surface area (Å²) in [4.78, 5) is 23.7. The van der Waals surface area contributed by atoms with E-state index in [1.54, 1.807) is 26.0 Å². The first kappa shape index (κ1) is 14.7. The standard InChI is InChI=1S/C13H16BrNO3/c1-8(2)15(7-16)12(13(17)18)10-5-4-9(3)11(14)6-10/h4-8,12H,1-3H3,(H,17,18). The molecule has 0 spiro atoms. The number of amides is 1. The molecular weight excluding hydrogens is 298 g/mol. The molecule has 1 atom stereocenters. The molecule has 18 heavy (non-hydrogen) atoms. The highest BCUT2D eigenvalue weighted by Crippen LogP contribution is 2.26. The number of benzene rings is 1. The molecule has 0 aliphatic carbocycles. The molecule has 1 N–H and O–H groups in total. The Morgan fingerprint density at radius 3 is 2.44 bits per heavy atom. The van der Waals surface area contributed by atoms with Crippen LogP contribution in [0.25, 0.3) is 0 Å². The van der Waals surface area contributed by atoms with Crippen LogP contribution in [0.3, 0.4) is 0 Å². The summed E-state index contributed by atoms with van der Waals surface area (Å²) in [6.45, 7) is 5.49. The fourth-order valence-corrected chi connectivity index (χ4v) is 2.10. The minimum absolute atomic E-state index is 0.177. The SMILES string of the molecule is Cc1ccc(C(C(=O)O)N(C=O)C(C)C)cc1Br. The van der Waals surface area contributed by atoms with Crippen LogP contribution in [-0.4, -0.2) is 28.4 Å². The lowest BCUT2D eigenvalue weighted by Gasteiger charge is -2.29. The second kappa shape index (κ2) is 6.00. The molecule has 0 saturated carbocycles. The van der Waals surface area contributed by atoms with Crippen LogP contribution in [0.2, 0.25) is 0 Å². The molecule has 1 amide bonds. The molecule has 1 unspecified atom stereocenters. The number of carboxylic acids is 1. The van der Waals surface area contributed by atoms with Gasteiger partial charge in [-0.05, 0) is 38.0 Å². The zero-order chi connectivity index (χ0) is 13.9. The van der Waals surface area contributed by atoms with E-state index in [2.05, 4.69) is 15.9 Å². The Bertz CT molecular complexity index is 460. The minimum atomic E-state index is -1.04. The van der Waals surface area contributed by atoms with Gasteiger partial charge in [0.2, 0.25) is 6.41 Å². The van der Waals surface area contributed by atoms with Crippen molar-refractivity contribution in [3.05, 3.63) is 33.8 Å². The van der Waals surface area contributed by atoms with Gasteiger partial charge in [-0.3, -0.25) is 4.79 Å². The Kier molecular flexibility index (Phi) is 4.90. The first-order chi connectivity index (χ1) is 8.38. The van der Waals surface area contributed by atoms with Gasteiger partial charge in [0.15, 0.2) is 6.04 Å². The van der Waals surface area contributed by atoms with Crippen molar-refractivity contribution in [1.82, 2.24) is 4.90 Å². The molecule has 4 nitrogen and oxygen atoms in total. The van der Waals surface area contributed by atoms with E-state index in [-0.39, 0.29) is 6.04 Å². The highest BCUT2D eigenvalue weighted by atomic mass is 79.9. The normalized spacial score (nSPS) is 12.3. The third-order valence-electron chi connectivity index (χ3n) is 2.76. The first-order valence-corrected chi connectivity index (χ1v) is 6.39. The molecule has 1 rings (SSSR count). The van der Waals surface area contributed by atoms with Crippen LogP contribution in [-0.2, 0) is 9.59 Å².